The third-order valence-electron chi connectivity index (χ3n) is 2.57. The van der Waals surface area contributed by atoms with Crippen LogP contribution in [0.3, 0.4) is 0 Å². The molecule has 0 spiro atoms. The summed E-state index contributed by atoms with van der Waals surface area (Å²) in [7, 11) is 0. The second kappa shape index (κ2) is 5.13. The molecule has 82 valence electrons. The van der Waals surface area contributed by atoms with E-state index in [-0.39, 0.29) is 0 Å². The number of rotatable bonds is 0. The van der Waals surface area contributed by atoms with Crippen molar-refractivity contribution in [2.24, 2.45) is 0 Å². The standard InChI is InChI=1S/C13H10S.C2H6/c1-2-4-10-8-12-6-7-14-13(12)9-11(10)5-3-1;1-2/h1-3,5-9H,4H2;1-2H3. The quantitative estimate of drug-likeness (QED) is 0.591. The van der Waals surface area contributed by atoms with E-state index in [0.29, 0.717) is 0 Å². The summed E-state index contributed by atoms with van der Waals surface area (Å²) in [5.74, 6) is 0. The zero-order valence-electron chi connectivity index (χ0n) is 9.73. The molecule has 0 N–H and O–H groups in total. The van der Waals surface area contributed by atoms with E-state index >= 15 is 0 Å². The fourth-order valence-corrected chi connectivity index (χ4v) is 2.66. The third kappa shape index (κ3) is 2.10. The summed E-state index contributed by atoms with van der Waals surface area (Å²) in [5, 5.41) is 3.53. The van der Waals surface area contributed by atoms with Crippen LogP contribution in [0.15, 0.2) is 41.8 Å². The molecule has 0 saturated carbocycles. The van der Waals surface area contributed by atoms with Crippen LogP contribution in [0, 0.1) is 0 Å². The van der Waals surface area contributed by atoms with Crippen molar-refractivity contribution in [3.05, 3.63) is 52.9 Å². The molecule has 0 aliphatic heterocycles. The first-order chi connectivity index (χ1) is 7.93. The van der Waals surface area contributed by atoms with Crippen molar-refractivity contribution in [1.29, 1.82) is 0 Å². The van der Waals surface area contributed by atoms with Crippen molar-refractivity contribution < 1.29 is 0 Å². The molecule has 3 rings (SSSR count). The molecule has 1 aromatic heterocycles. The van der Waals surface area contributed by atoms with Crippen LogP contribution in [0.5, 0.6) is 0 Å². The Morgan fingerprint density at radius 1 is 1.12 bits per heavy atom. The number of thiophene rings is 1. The van der Waals surface area contributed by atoms with Crippen LogP contribution >= 0.6 is 11.3 Å². The molecule has 0 fully saturated rings. The van der Waals surface area contributed by atoms with Crippen molar-refractivity contribution in [2.45, 2.75) is 20.3 Å². The highest BCUT2D eigenvalue weighted by molar-refractivity contribution is 7.17. The smallest absolute Gasteiger partial charge is 0.0348 e. The molecule has 0 radical (unpaired) electrons. The van der Waals surface area contributed by atoms with E-state index in [2.05, 4.69) is 47.9 Å². The minimum absolute atomic E-state index is 1.05. The number of fused-ring (bicyclic) bond motifs is 2. The van der Waals surface area contributed by atoms with E-state index in [4.69, 9.17) is 0 Å². The van der Waals surface area contributed by atoms with Gasteiger partial charge in [0, 0.05) is 4.70 Å². The summed E-state index contributed by atoms with van der Waals surface area (Å²) in [6.45, 7) is 4.00. The SMILES string of the molecule is C1=CCc2cc3ccsc3cc2C=C1.CC. The third-order valence-corrected chi connectivity index (χ3v) is 3.45. The monoisotopic (exact) mass is 228 g/mol. The van der Waals surface area contributed by atoms with E-state index in [1.54, 1.807) is 0 Å². The van der Waals surface area contributed by atoms with Gasteiger partial charge in [0.25, 0.3) is 0 Å². The van der Waals surface area contributed by atoms with E-state index in [1.165, 1.54) is 21.2 Å². The van der Waals surface area contributed by atoms with Crippen molar-refractivity contribution in [1.82, 2.24) is 0 Å². The normalized spacial score (nSPS) is 12.9. The summed E-state index contributed by atoms with van der Waals surface area (Å²) in [6.07, 6.45) is 9.69. The van der Waals surface area contributed by atoms with Crippen molar-refractivity contribution in [3.8, 4) is 0 Å². The summed E-state index contributed by atoms with van der Waals surface area (Å²) < 4.78 is 1.38. The Morgan fingerprint density at radius 2 is 2.00 bits per heavy atom. The zero-order chi connectivity index (χ0) is 11.4. The van der Waals surface area contributed by atoms with Crippen LogP contribution in [0.25, 0.3) is 16.2 Å². The first-order valence-electron chi connectivity index (χ1n) is 5.77. The molecular weight excluding hydrogens is 212 g/mol. The molecular formula is C15H16S. The fraction of sp³-hybridized carbons (Fsp3) is 0.200. The Balaban J connectivity index is 0.000000457. The molecule has 1 aromatic carbocycles. The molecule has 0 atom stereocenters. The van der Waals surface area contributed by atoms with Crippen LogP contribution < -0.4 is 0 Å². The van der Waals surface area contributed by atoms with Gasteiger partial charge in [-0.05, 0) is 46.5 Å². The maximum atomic E-state index is 2.31. The lowest BCUT2D eigenvalue weighted by Gasteiger charge is -2.02. The van der Waals surface area contributed by atoms with Crippen LogP contribution in [0.1, 0.15) is 25.0 Å². The Morgan fingerprint density at radius 3 is 2.88 bits per heavy atom. The lowest BCUT2D eigenvalue weighted by molar-refractivity contribution is 1.28. The van der Waals surface area contributed by atoms with Gasteiger partial charge >= 0.3 is 0 Å². The maximum Gasteiger partial charge on any atom is 0.0348 e. The topological polar surface area (TPSA) is 0 Å². The van der Waals surface area contributed by atoms with E-state index in [1.807, 2.05) is 25.2 Å². The van der Waals surface area contributed by atoms with Crippen LogP contribution in [-0.4, -0.2) is 0 Å². The van der Waals surface area contributed by atoms with Gasteiger partial charge in [-0.15, -0.1) is 11.3 Å². The molecule has 0 bridgehead atoms. The molecule has 0 saturated heterocycles. The number of allylic oxidation sites excluding steroid dienone is 3. The summed E-state index contributed by atoms with van der Waals surface area (Å²) >= 11 is 1.81. The molecule has 1 heterocycles. The zero-order valence-corrected chi connectivity index (χ0v) is 10.6. The molecule has 0 amide bonds. The Bertz CT molecular complexity index is 529. The molecule has 2 aromatic rings. The van der Waals surface area contributed by atoms with Gasteiger partial charge in [-0.3, -0.25) is 0 Å². The minimum atomic E-state index is 1.05. The van der Waals surface area contributed by atoms with Crippen molar-refractivity contribution >= 4 is 27.5 Å². The number of hydrogen-bond acceptors (Lipinski definition) is 1. The van der Waals surface area contributed by atoms with Crippen LogP contribution in [-0.2, 0) is 6.42 Å². The van der Waals surface area contributed by atoms with Gasteiger partial charge < -0.3 is 0 Å². The van der Waals surface area contributed by atoms with Gasteiger partial charge in [0.05, 0.1) is 0 Å². The average molecular weight is 228 g/mol. The van der Waals surface area contributed by atoms with E-state index < -0.39 is 0 Å². The average Bonchev–Trinajstić information content (AvgIpc) is 2.66. The van der Waals surface area contributed by atoms with Gasteiger partial charge in [-0.2, -0.15) is 0 Å². The van der Waals surface area contributed by atoms with Gasteiger partial charge in [-0.1, -0.05) is 38.2 Å². The summed E-state index contributed by atoms with van der Waals surface area (Å²) in [5.41, 5.74) is 2.80. The first-order valence-corrected chi connectivity index (χ1v) is 6.65. The maximum absolute atomic E-state index is 2.31. The molecule has 1 heteroatoms. The highest BCUT2D eigenvalue weighted by Gasteiger charge is 2.03. The lowest BCUT2D eigenvalue weighted by atomic mass is 10.0. The van der Waals surface area contributed by atoms with Gasteiger partial charge in [0.2, 0.25) is 0 Å². The lowest BCUT2D eigenvalue weighted by Crippen LogP contribution is -1.84. The fourth-order valence-electron chi connectivity index (χ4n) is 1.84. The summed E-state index contributed by atoms with van der Waals surface area (Å²) in [6, 6.07) is 6.79. The second-order valence-corrected chi connectivity index (χ2v) is 4.45. The molecule has 0 nitrogen and oxygen atoms in total. The van der Waals surface area contributed by atoms with Gasteiger partial charge in [0.1, 0.15) is 0 Å². The van der Waals surface area contributed by atoms with Gasteiger partial charge in [0.15, 0.2) is 0 Å². The van der Waals surface area contributed by atoms with Crippen molar-refractivity contribution in [2.75, 3.05) is 0 Å². The number of hydrogen-bond donors (Lipinski definition) is 0. The first kappa shape index (κ1) is 11.2. The Kier molecular flexibility index (Phi) is 3.58. The highest BCUT2D eigenvalue weighted by Crippen LogP contribution is 2.27. The van der Waals surface area contributed by atoms with Crippen LogP contribution in [0.4, 0.5) is 0 Å². The second-order valence-electron chi connectivity index (χ2n) is 3.50. The highest BCUT2D eigenvalue weighted by atomic mass is 32.1. The predicted octanol–water partition coefficient (Wildman–Crippen LogP) is 5.05. The molecule has 1 aliphatic rings. The van der Waals surface area contributed by atoms with Gasteiger partial charge in [-0.25, -0.2) is 0 Å². The number of benzene rings is 1. The molecule has 16 heavy (non-hydrogen) atoms. The van der Waals surface area contributed by atoms with E-state index in [9.17, 15) is 0 Å². The van der Waals surface area contributed by atoms with Crippen LogP contribution in [0.2, 0.25) is 0 Å². The van der Waals surface area contributed by atoms with E-state index in [0.717, 1.165) is 6.42 Å². The van der Waals surface area contributed by atoms with Crippen molar-refractivity contribution in [3.63, 3.8) is 0 Å². The Hall–Kier alpha value is -1.34. The summed E-state index contributed by atoms with van der Waals surface area (Å²) in [4.78, 5) is 0. The predicted molar refractivity (Wildman–Crippen MR) is 75.1 cm³/mol. The largest absolute Gasteiger partial charge is 0.144 e. The Labute approximate surface area is 101 Å². The molecule has 1 aliphatic carbocycles. The minimum Gasteiger partial charge on any atom is -0.144 e. The molecule has 0 unspecified atom stereocenters.